The first kappa shape index (κ1) is 33.9. The Balaban J connectivity index is 1.57. The number of fused-ring (bicyclic) bond motifs is 2. The summed E-state index contributed by atoms with van der Waals surface area (Å²) in [6.07, 6.45) is 3.69. The first-order valence-corrected chi connectivity index (χ1v) is 16.8. The van der Waals surface area contributed by atoms with Crippen LogP contribution in [0.3, 0.4) is 0 Å². The number of methoxy groups -OCH3 is 1. The molecule has 0 bridgehead atoms. The fourth-order valence-electron chi connectivity index (χ4n) is 6.51. The molecule has 1 saturated carbocycles. The van der Waals surface area contributed by atoms with Gasteiger partial charge in [0.15, 0.2) is 0 Å². The molecule has 1 aromatic carbocycles. The number of benzene rings is 1. The second kappa shape index (κ2) is 13.9. The Morgan fingerprint density at radius 1 is 1.16 bits per heavy atom. The predicted molar refractivity (Wildman–Crippen MR) is 187 cm³/mol. The van der Waals surface area contributed by atoms with Crippen LogP contribution < -0.4 is 5.32 Å². The molecule has 0 spiro atoms. The molecule has 4 heterocycles. The van der Waals surface area contributed by atoms with Gasteiger partial charge in [-0.3, -0.25) is 14.3 Å². The van der Waals surface area contributed by atoms with Crippen LogP contribution in [0, 0.1) is 0 Å². The van der Waals surface area contributed by atoms with Crippen LogP contribution in [0.15, 0.2) is 85.0 Å². The second-order valence-electron chi connectivity index (χ2n) is 12.0. The van der Waals surface area contributed by atoms with Crippen LogP contribution in [-0.4, -0.2) is 65.4 Å². The molecule has 1 fully saturated rings. The lowest BCUT2D eigenvalue weighted by atomic mass is 9.92. The van der Waals surface area contributed by atoms with E-state index < -0.39 is 11.2 Å². The minimum atomic E-state index is -0.899. The van der Waals surface area contributed by atoms with E-state index in [1.807, 2.05) is 53.4 Å². The maximum Gasteiger partial charge on any atom is 0.246 e. The van der Waals surface area contributed by atoms with Gasteiger partial charge in [0, 0.05) is 48.0 Å². The van der Waals surface area contributed by atoms with Crippen LogP contribution in [0.1, 0.15) is 42.6 Å². The van der Waals surface area contributed by atoms with Gasteiger partial charge in [-0.05, 0) is 48.9 Å². The average molecular weight is 686 g/mol. The number of aromatic nitrogens is 3. The van der Waals surface area contributed by atoms with Gasteiger partial charge in [0.05, 0.1) is 47.9 Å². The van der Waals surface area contributed by atoms with E-state index in [0.29, 0.717) is 40.4 Å². The zero-order chi connectivity index (χ0) is 34.9. The van der Waals surface area contributed by atoms with Crippen molar-refractivity contribution < 1.29 is 27.8 Å². The highest BCUT2D eigenvalue weighted by Crippen LogP contribution is 2.49. The van der Waals surface area contributed by atoms with E-state index in [0.717, 1.165) is 41.1 Å². The molecule has 6 rings (SSSR count). The van der Waals surface area contributed by atoms with E-state index in [9.17, 15) is 14.0 Å². The van der Waals surface area contributed by atoms with Gasteiger partial charge in [-0.25, -0.2) is 13.8 Å². The number of carbonyl (C=O) groups excluding carboxylic acids is 2. The van der Waals surface area contributed by atoms with Gasteiger partial charge in [-0.1, -0.05) is 37.4 Å². The van der Waals surface area contributed by atoms with Crippen molar-refractivity contribution in [1.29, 1.82) is 0 Å². The van der Waals surface area contributed by atoms with E-state index in [1.165, 1.54) is 24.5 Å². The molecule has 12 heteroatoms. The lowest BCUT2D eigenvalue weighted by Crippen LogP contribution is -2.40. The number of pyridine rings is 1. The van der Waals surface area contributed by atoms with E-state index in [2.05, 4.69) is 18.5 Å². The third-order valence-corrected chi connectivity index (χ3v) is 10.2. The van der Waals surface area contributed by atoms with Crippen LogP contribution in [-0.2, 0) is 31.0 Å². The quantitative estimate of drug-likeness (QED) is 0.0744. The Hall–Kier alpha value is -4.94. The van der Waals surface area contributed by atoms with Crippen molar-refractivity contribution in [2.24, 2.45) is 0 Å². The largest absolute Gasteiger partial charge is 0.491 e. The molecule has 0 unspecified atom stereocenters. The number of ether oxygens (including phenoxy) is 2. The summed E-state index contributed by atoms with van der Waals surface area (Å²) >= 11 is 1.38. The molecule has 0 saturated heterocycles. The number of nitrogens with one attached hydrogen (secondary N) is 1. The Morgan fingerprint density at radius 3 is 2.57 bits per heavy atom. The predicted octanol–water partition coefficient (Wildman–Crippen LogP) is 7.03. The number of thiophene rings is 1. The number of nitrogens with zero attached hydrogens (tertiary/aromatic N) is 4. The first-order valence-electron chi connectivity index (χ1n) is 15.9. The van der Waals surface area contributed by atoms with E-state index in [1.54, 1.807) is 11.9 Å². The third-order valence-electron chi connectivity index (χ3n) is 9.23. The number of carbonyl (C=O) groups is 2. The van der Waals surface area contributed by atoms with Gasteiger partial charge >= 0.3 is 0 Å². The number of likely N-dealkylation sites (N-methyl/N-ethyl adjacent to an activating group) is 1. The second-order valence-corrected chi connectivity index (χ2v) is 12.9. The minimum absolute atomic E-state index is 0.00630. The van der Waals surface area contributed by atoms with Crippen molar-refractivity contribution in [1.82, 2.24) is 25.0 Å². The number of allylic oxidation sites excluding steroid dienone is 3. The van der Waals surface area contributed by atoms with Gasteiger partial charge in [-0.15, -0.1) is 11.3 Å². The summed E-state index contributed by atoms with van der Waals surface area (Å²) in [6, 6.07) is 11.2. The van der Waals surface area contributed by atoms with Gasteiger partial charge in [0.2, 0.25) is 11.8 Å². The number of halogens is 2. The first-order chi connectivity index (χ1) is 23.7. The van der Waals surface area contributed by atoms with Crippen molar-refractivity contribution in [2.75, 3.05) is 33.9 Å². The maximum absolute atomic E-state index is 16.0. The highest BCUT2D eigenvalue weighted by atomic mass is 32.1. The van der Waals surface area contributed by atoms with Crippen LogP contribution >= 0.6 is 11.3 Å². The highest BCUT2D eigenvalue weighted by molar-refractivity contribution is 7.17. The lowest BCUT2D eigenvalue weighted by molar-refractivity contribution is -0.129. The fraction of sp³-hybridized carbons (Fsp3) is 0.297. The average Bonchev–Trinajstić information content (AvgIpc) is 3.55. The molecule has 49 heavy (non-hydrogen) atoms. The highest BCUT2D eigenvalue weighted by Gasteiger charge is 2.50. The standard InChI is InChI=1S/C37H37F2N5O4S/c1-6-30(45)43-16-17-44-29(22(43)2)21-28(42-44)34-32(31(27(39)11-15-38)23(3)48-19-18-47-5)35-26(12-20-49-35)33(41-34)24-7-9-25(10-8-24)37(13-14-37)36(46)40-4/h6-12,15,20-22H,1,3,13-14,16-19H2,2,4-5H3,(H,40,46)/b15-11+,31-27-/t22-/m1/s1. The maximum atomic E-state index is 16.0. The molecule has 1 aliphatic heterocycles. The van der Waals surface area contributed by atoms with Crippen LogP contribution in [0.4, 0.5) is 8.78 Å². The van der Waals surface area contributed by atoms with Gasteiger partial charge in [-0.2, -0.15) is 5.10 Å². The lowest BCUT2D eigenvalue weighted by Gasteiger charge is -2.33. The molecule has 9 nitrogen and oxygen atoms in total. The Bertz CT molecular complexity index is 2010. The summed E-state index contributed by atoms with van der Waals surface area (Å²) in [5, 5.41) is 10.3. The monoisotopic (exact) mass is 685 g/mol. The normalized spacial score (nSPS) is 17.1. The minimum Gasteiger partial charge on any atom is -0.491 e. The zero-order valence-corrected chi connectivity index (χ0v) is 28.4. The Kier molecular flexibility index (Phi) is 9.62. The summed E-state index contributed by atoms with van der Waals surface area (Å²) in [6.45, 7) is 10.8. The molecular weight excluding hydrogens is 649 g/mol. The molecule has 1 atom stereocenters. The van der Waals surface area contributed by atoms with Crippen LogP contribution in [0.5, 0.6) is 0 Å². The molecule has 3 aromatic heterocycles. The summed E-state index contributed by atoms with van der Waals surface area (Å²) in [4.78, 5) is 32.2. The van der Waals surface area contributed by atoms with Crippen LogP contribution in [0.25, 0.3) is 38.3 Å². The fourth-order valence-corrected chi connectivity index (χ4v) is 7.46. The van der Waals surface area contributed by atoms with Gasteiger partial charge in [0.25, 0.3) is 0 Å². The molecule has 1 N–H and O–H groups in total. The van der Waals surface area contributed by atoms with Crippen molar-refractivity contribution >= 4 is 38.8 Å². The van der Waals surface area contributed by atoms with E-state index in [4.69, 9.17) is 19.6 Å². The molecular formula is C37H37F2N5O4S. The smallest absolute Gasteiger partial charge is 0.246 e. The van der Waals surface area contributed by atoms with Crippen molar-refractivity contribution in [3.05, 3.63) is 102 Å². The zero-order valence-electron chi connectivity index (χ0n) is 27.6. The van der Waals surface area contributed by atoms with Crippen molar-refractivity contribution in [3.63, 3.8) is 0 Å². The Labute approximate surface area is 287 Å². The van der Waals surface area contributed by atoms with E-state index >= 15 is 4.39 Å². The number of hydrogen-bond donors (Lipinski definition) is 1. The molecule has 1 aliphatic carbocycles. The number of rotatable bonds is 12. The molecule has 0 radical (unpaired) electrons. The number of hydrogen-bond acceptors (Lipinski definition) is 7. The summed E-state index contributed by atoms with van der Waals surface area (Å²) in [5.74, 6) is -1.12. The molecule has 2 amide bonds. The van der Waals surface area contributed by atoms with Crippen molar-refractivity contribution in [2.45, 2.75) is 37.8 Å². The van der Waals surface area contributed by atoms with Gasteiger partial charge in [0.1, 0.15) is 29.6 Å². The topological polar surface area (TPSA) is 98.6 Å². The Morgan fingerprint density at radius 2 is 1.92 bits per heavy atom. The van der Waals surface area contributed by atoms with Crippen LogP contribution in [0.2, 0.25) is 0 Å². The summed E-state index contributed by atoms with van der Waals surface area (Å²) < 4.78 is 43.0. The molecule has 254 valence electrons. The summed E-state index contributed by atoms with van der Waals surface area (Å²) in [5.41, 5.74) is 3.65. The van der Waals surface area contributed by atoms with E-state index in [-0.39, 0.29) is 48.7 Å². The SMILES string of the molecule is C=CC(=O)N1CCn2nc(-c3nc(-c4ccc(C5(C(=O)NC)CC5)cc4)c4ccsc4c3/C(C(=C)OCCOC)=C(F)/C=C/F)cc2[C@H]1C. The van der Waals surface area contributed by atoms with Gasteiger partial charge < -0.3 is 19.7 Å². The third kappa shape index (κ3) is 6.10. The number of amides is 2. The molecule has 4 aromatic rings. The molecule has 2 aliphatic rings. The van der Waals surface area contributed by atoms with Crippen molar-refractivity contribution in [3.8, 4) is 22.6 Å². The summed E-state index contributed by atoms with van der Waals surface area (Å²) in [7, 11) is 3.17.